The Labute approximate surface area is 122 Å². The average molecular weight is 277 g/mol. The summed E-state index contributed by atoms with van der Waals surface area (Å²) in [5.74, 6) is 0.184. The van der Waals surface area contributed by atoms with Crippen LogP contribution in [0.3, 0.4) is 0 Å². The molecule has 20 heavy (non-hydrogen) atoms. The van der Waals surface area contributed by atoms with Crippen LogP contribution in [0.2, 0.25) is 0 Å². The van der Waals surface area contributed by atoms with E-state index in [1.807, 2.05) is 0 Å². The molecular formula is C16H27N3O. The van der Waals surface area contributed by atoms with Gasteiger partial charge < -0.3 is 15.1 Å². The standard InChI is InChI=1S/C16H27N3O/c1-5-19(6-2)15-11-9-14(10-12-15)17-13-7-8-16(20)18(3)4/h9-12,17H,5-8,13H2,1-4H3. The highest BCUT2D eigenvalue weighted by atomic mass is 16.2. The molecule has 0 atom stereocenters. The van der Waals surface area contributed by atoms with Gasteiger partial charge in [-0.1, -0.05) is 0 Å². The summed E-state index contributed by atoms with van der Waals surface area (Å²) in [6.07, 6.45) is 1.45. The van der Waals surface area contributed by atoms with Crippen LogP contribution in [0.25, 0.3) is 0 Å². The lowest BCUT2D eigenvalue weighted by Crippen LogP contribution is -2.22. The molecule has 112 valence electrons. The Morgan fingerprint density at radius 1 is 1.10 bits per heavy atom. The van der Waals surface area contributed by atoms with Crippen LogP contribution < -0.4 is 10.2 Å². The highest BCUT2D eigenvalue weighted by molar-refractivity contribution is 5.75. The third-order valence-electron chi connectivity index (χ3n) is 3.39. The number of amides is 1. The van der Waals surface area contributed by atoms with Gasteiger partial charge in [-0.05, 0) is 44.5 Å². The van der Waals surface area contributed by atoms with Gasteiger partial charge in [0.25, 0.3) is 0 Å². The maximum absolute atomic E-state index is 11.4. The first-order valence-corrected chi connectivity index (χ1v) is 7.37. The number of hydrogen-bond donors (Lipinski definition) is 1. The molecule has 0 aromatic heterocycles. The molecule has 0 bridgehead atoms. The fraction of sp³-hybridized carbons (Fsp3) is 0.562. The average Bonchev–Trinajstić information content (AvgIpc) is 2.46. The monoisotopic (exact) mass is 277 g/mol. The van der Waals surface area contributed by atoms with Gasteiger partial charge in [-0.3, -0.25) is 4.79 Å². The molecule has 0 fully saturated rings. The molecule has 0 radical (unpaired) electrons. The molecule has 0 unspecified atom stereocenters. The maximum Gasteiger partial charge on any atom is 0.222 e. The van der Waals surface area contributed by atoms with Gasteiger partial charge in [0.2, 0.25) is 5.91 Å². The van der Waals surface area contributed by atoms with E-state index < -0.39 is 0 Å². The molecule has 0 aliphatic carbocycles. The van der Waals surface area contributed by atoms with Crippen LogP contribution in [0.15, 0.2) is 24.3 Å². The Hall–Kier alpha value is -1.71. The molecular weight excluding hydrogens is 250 g/mol. The van der Waals surface area contributed by atoms with Crippen LogP contribution in [0.4, 0.5) is 11.4 Å². The van der Waals surface area contributed by atoms with Crippen molar-refractivity contribution in [1.29, 1.82) is 0 Å². The largest absolute Gasteiger partial charge is 0.385 e. The molecule has 0 aliphatic rings. The molecule has 0 saturated carbocycles. The van der Waals surface area contributed by atoms with E-state index in [2.05, 4.69) is 48.3 Å². The number of rotatable bonds is 8. The molecule has 0 aliphatic heterocycles. The fourth-order valence-electron chi connectivity index (χ4n) is 2.07. The number of carbonyl (C=O) groups is 1. The predicted molar refractivity (Wildman–Crippen MR) is 86.4 cm³/mol. The van der Waals surface area contributed by atoms with Gasteiger partial charge in [-0.15, -0.1) is 0 Å². The van der Waals surface area contributed by atoms with Gasteiger partial charge in [0, 0.05) is 51.5 Å². The van der Waals surface area contributed by atoms with Crippen molar-refractivity contribution in [3.63, 3.8) is 0 Å². The lowest BCUT2D eigenvalue weighted by atomic mass is 10.2. The maximum atomic E-state index is 11.4. The normalized spacial score (nSPS) is 10.2. The van der Waals surface area contributed by atoms with Crippen molar-refractivity contribution >= 4 is 17.3 Å². The first-order valence-electron chi connectivity index (χ1n) is 7.37. The summed E-state index contributed by atoms with van der Waals surface area (Å²) in [4.78, 5) is 15.4. The van der Waals surface area contributed by atoms with E-state index in [1.54, 1.807) is 19.0 Å². The minimum atomic E-state index is 0.184. The Morgan fingerprint density at radius 2 is 1.70 bits per heavy atom. The van der Waals surface area contributed by atoms with Crippen LogP contribution in [-0.2, 0) is 4.79 Å². The van der Waals surface area contributed by atoms with Gasteiger partial charge >= 0.3 is 0 Å². The minimum absolute atomic E-state index is 0.184. The number of anilines is 2. The Kier molecular flexibility index (Phi) is 6.91. The summed E-state index contributed by atoms with van der Waals surface area (Å²) in [6.45, 7) is 7.20. The highest BCUT2D eigenvalue weighted by Gasteiger charge is 2.03. The molecule has 1 amide bonds. The molecule has 1 aromatic carbocycles. The first-order chi connectivity index (χ1) is 9.58. The number of carbonyl (C=O) groups excluding carboxylic acids is 1. The van der Waals surface area contributed by atoms with Crippen molar-refractivity contribution in [3.8, 4) is 0 Å². The Balaban J connectivity index is 2.37. The predicted octanol–water partition coefficient (Wildman–Crippen LogP) is 2.81. The second kappa shape index (κ2) is 8.46. The molecule has 1 rings (SSSR count). The topological polar surface area (TPSA) is 35.6 Å². The summed E-state index contributed by atoms with van der Waals surface area (Å²) in [7, 11) is 3.59. The van der Waals surface area contributed by atoms with Gasteiger partial charge in [0.1, 0.15) is 0 Å². The molecule has 4 heteroatoms. The molecule has 1 N–H and O–H groups in total. The van der Waals surface area contributed by atoms with Gasteiger partial charge in [0.15, 0.2) is 0 Å². The van der Waals surface area contributed by atoms with Crippen LogP contribution >= 0.6 is 0 Å². The zero-order valence-electron chi connectivity index (χ0n) is 13.1. The van der Waals surface area contributed by atoms with E-state index in [9.17, 15) is 4.79 Å². The Bertz CT molecular complexity index is 397. The summed E-state index contributed by atoms with van der Waals surface area (Å²) >= 11 is 0. The quantitative estimate of drug-likeness (QED) is 0.742. The van der Waals surface area contributed by atoms with Crippen molar-refractivity contribution in [2.75, 3.05) is 43.9 Å². The molecule has 0 heterocycles. The third kappa shape index (κ3) is 5.11. The zero-order chi connectivity index (χ0) is 15.0. The second-order valence-corrected chi connectivity index (χ2v) is 5.04. The van der Waals surface area contributed by atoms with Crippen molar-refractivity contribution in [1.82, 2.24) is 4.90 Å². The van der Waals surface area contributed by atoms with Gasteiger partial charge in [-0.2, -0.15) is 0 Å². The fourth-order valence-corrected chi connectivity index (χ4v) is 2.07. The van der Waals surface area contributed by atoms with Crippen LogP contribution in [0, 0.1) is 0 Å². The molecule has 0 saturated heterocycles. The molecule has 1 aromatic rings. The summed E-state index contributed by atoms with van der Waals surface area (Å²) in [6, 6.07) is 8.48. The van der Waals surface area contributed by atoms with E-state index in [1.165, 1.54) is 5.69 Å². The number of benzene rings is 1. The SMILES string of the molecule is CCN(CC)c1ccc(NCCCC(=O)N(C)C)cc1. The smallest absolute Gasteiger partial charge is 0.222 e. The molecule has 0 spiro atoms. The van der Waals surface area contributed by atoms with E-state index in [-0.39, 0.29) is 5.91 Å². The van der Waals surface area contributed by atoms with Gasteiger partial charge in [0.05, 0.1) is 0 Å². The lowest BCUT2D eigenvalue weighted by molar-refractivity contribution is -0.128. The van der Waals surface area contributed by atoms with Crippen molar-refractivity contribution in [2.24, 2.45) is 0 Å². The van der Waals surface area contributed by atoms with E-state index in [0.717, 1.165) is 31.7 Å². The van der Waals surface area contributed by atoms with Gasteiger partial charge in [-0.25, -0.2) is 0 Å². The zero-order valence-corrected chi connectivity index (χ0v) is 13.1. The number of hydrogen-bond acceptors (Lipinski definition) is 3. The van der Waals surface area contributed by atoms with Crippen molar-refractivity contribution in [3.05, 3.63) is 24.3 Å². The van der Waals surface area contributed by atoms with Crippen LogP contribution in [0.5, 0.6) is 0 Å². The second-order valence-electron chi connectivity index (χ2n) is 5.04. The van der Waals surface area contributed by atoms with E-state index in [4.69, 9.17) is 0 Å². The number of nitrogens with one attached hydrogen (secondary N) is 1. The minimum Gasteiger partial charge on any atom is -0.385 e. The third-order valence-corrected chi connectivity index (χ3v) is 3.39. The summed E-state index contributed by atoms with van der Waals surface area (Å²) in [5.41, 5.74) is 2.36. The molecule has 4 nitrogen and oxygen atoms in total. The lowest BCUT2D eigenvalue weighted by Gasteiger charge is -2.21. The van der Waals surface area contributed by atoms with Crippen molar-refractivity contribution in [2.45, 2.75) is 26.7 Å². The summed E-state index contributed by atoms with van der Waals surface area (Å²) in [5, 5.41) is 3.35. The van der Waals surface area contributed by atoms with Crippen molar-refractivity contribution < 1.29 is 4.79 Å². The van der Waals surface area contributed by atoms with Crippen LogP contribution in [0.1, 0.15) is 26.7 Å². The number of nitrogens with zero attached hydrogens (tertiary/aromatic N) is 2. The van der Waals surface area contributed by atoms with E-state index >= 15 is 0 Å². The Morgan fingerprint density at radius 3 is 2.20 bits per heavy atom. The highest BCUT2D eigenvalue weighted by Crippen LogP contribution is 2.17. The van der Waals surface area contributed by atoms with Crippen LogP contribution in [-0.4, -0.2) is 44.5 Å². The first kappa shape index (κ1) is 16.3. The summed E-state index contributed by atoms with van der Waals surface area (Å²) < 4.78 is 0. The van der Waals surface area contributed by atoms with E-state index in [0.29, 0.717) is 6.42 Å².